The van der Waals surface area contributed by atoms with Crippen LogP contribution in [-0.4, -0.2) is 64.6 Å². The summed E-state index contributed by atoms with van der Waals surface area (Å²) in [4.78, 5) is 57.3. The van der Waals surface area contributed by atoms with E-state index in [0.717, 1.165) is 18.9 Å². The molecule has 1 spiro atoms. The minimum absolute atomic E-state index is 0.0137. The van der Waals surface area contributed by atoms with Gasteiger partial charge in [0.05, 0.1) is 18.2 Å². The van der Waals surface area contributed by atoms with E-state index in [0.29, 0.717) is 24.5 Å². The average Bonchev–Trinajstić information content (AvgIpc) is 3.69. The average molecular weight is 832 g/mol. The van der Waals surface area contributed by atoms with Gasteiger partial charge in [-0.05, 0) is 77.1 Å². The summed E-state index contributed by atoms with van der Waals surface area (Å²) in [7, 11) is -4.04. The van der Waals surface area contributed by atoms with Gasteiger partial charge in [0, 0.05) is 43.7 Å². The molecular weight excluding hydrogens is 783 g/mol. The number of esters is 1. The Hall–Kier alpha value is -5.82. The predicted molar refractivity (Wildman–Crippen MR) is 218 cm³/mol. The lowest BCUT2D eigenvalue weighted by molar-refractivity contribution is -0.149. The van der Waals surface area contributed by atoms with Gasteiger partial charge in [-0.15, -0.1) is 0 Å². The van der Waals surface area contributed by atoms with Crippen molar-refractivity contribution in [2.24, 2.45) is 10.7 Å². The zero-order valence-corrected chi connectivity index (χ0v) is 34.3. The molecule has 2 aliphatic rings. The maximum atomic E-state index is 14.8. The summed E-state index contributed by atoms with van der Waals surface area (Å²) in [5.41, 5.74) is -1.73. The van der Waals surface area contributed by atoms with Crippen LogP contribution in [0, 0.1) is 17.6 Å². The van der Waals surface area contributed by atoms with Crippen molar-refractivity contribution in [3.63, 3.8) is 0 Å². The van der Waals surface area contributed by atoms with Crippen molar-refractivity contribution in [1.29, 1.82) is 0 Å². The summed E-state index contributed by atoms with van der Waals surface area (Å²) in [6, 6.07) is 20.4. The predicted octanol–water partition coefficient (Wildman–Crippen LogP) is 7.25. The van der Waals surface area contributed by atoms with Gasteiger partial charge in [-0.25, -0.2) is 13.5 Å². The number of carbonyl (C=O) groups excluding carboxylic acids is 3. The number of nitrogens with one attached hydrogen (secondary N) is 1. The first-order valence-corrected chi connectivity index (χ1v) is 21.4. The SMILES string of the molecule is CCN1C(=O)c2c(OCc3ccccc3)c(=O)c(C(=O)NCc3ccc(F)cc3F)cn2N(CCP(=O)(N=CC(C)C(=O)OC(C)C)Oc2ccccc2)C12CCCC2. The zero-order valence-electron chi connectivity index (χ0n) is 33.4. The van der Waals surface area contributed by atoms with Crippen LogP contribution in [-0.2, 0) is 27.2 Å². The van der Waals surface area contributed by atoms with Gasteiger partial charge in [-0.2, -0.15) is 0 Å². The monoisotopic (exact) mass is 831 g/mol. The van der Waals surface area contributed by atoms with Crippen LogP contribution in [0.2, 0.25) is 0 Å². The van der Waals surface area contributed by atoms with Gasteiger partial charge < -0.3 is 24.2 Å². The number of fused-ring (bicyclic) bond motifs is 1. The van der Waals surface area contributed by atoms with Crippen molar-refractivity contribution in [2.75, 3.05) is 24.3 Å². The number of aromatic nitrogens is 1. The van der Waals surface area contributed by atoms with Crippen LogP contribution in [0.5, 0.6) is 11.5 Å². The first-order valence-electron chi connectivity index (χ1n) is 19.6. The highest BCUT2D eigenvalue weighted by Crippen LogP contribution is 2.50. The number of amides is 2. The van der Waals surface area contributed by atoms with Crippen molar-refractivity contribution < 1.29 is 41.7 Å². The van der Waals surface area contributed by atoms with Crippen molar-refractivity contribution >= 4 is 31.5 Å². The summed E-state index contributed by atoms with van der Waals surface area (Å²) in [5, 5.41) is 4.38. The summed E-state index contributed by atoms with van der Waals surface area (Å²) >= 11 is 0. The first kappa shape index (κ1) is 42.8. The second-order valence-corrected chi connectivity index (χ2v) is 16.9. The molecule has 4 aromatic rings. The van der Waals surface area contributed by atoms with Crippen molar-refractivity contribution in [3.8, 4) is 11.5 Å². The Morgan fingerprint density at radius 2 is 1.66 bits per heavy atom. The molecule has 1 aliphatic heterocycles. The number of nitrogens with zero attached hydrogens (tertiary/aromatic N) is 4. The lowest BCUT2D eigenvalue weighted by Crippen LogP contribution is -2.70. The summed E-state index contributed by atoms with van der Waals surface area (Å²) in [6.07, 6.45) is 4.42. The van der Waals surface area contributed by atoms with Crippen molar-refractivity contribution in [1.82, 2.24) is 14.9 Å². The van der Waals surface area contributed by atoms with E-state index in [1.807, 2.05) is 18.0 Å². The quantitative estimate of drug-likeness (QED) is 0.0700. The third-order valence-electron chi connectivity index (χ3n) is 10.3. The molecule has 0 saturated heterocycles. The molecule has 1 aromatic heterocycles. The minimum Gasteiger partial charge on any atom is -0.482 e. The van der Waals surface area contributed by atoms with Gasteiger partial charge in [-0.3, -0.25) is 33.4 Å². The maximum Gasteiger partial charge on any atom is 0.363 e. The number of halogens is 2. The Bertz CT molecular complexity index is 2300. The van der Waals surface area contributed by atoms with Crippen LogP contribution < -0.4 is 25.0 Å². The molecule has 3 aromatic carbocycles. The van der Waals surface area contributed by atoms with Crippen LogP contribution in [0.15, 0.2) is 94.6 Å². The molecule has 2 amide bonds. The summed E-state index contributed by atoms with van der Waals surface area (Å²) in [6.45, 7) is 6.54. The smallest absolute Gasteiger partial charge is 0.363 e. The molecule has 1 saturated carbocycles. The second kappa shape index (κ2) is 18.4. The molecule has 2 unspecified atom stereocenters. The fourth-order valence-electron chi connectivity index (χ4n) is 7.40. The second-order valence-electron chi connectivity index (χ2n) is 14.8. The van der Waals surface area contributed by atoms with Crippen LogP contribution in [0.4, 0.5) is 8.78 Å². The highest BCUT2D eigenvalue weighted by atomic mass is 31.2. The summed E-state index contributed by atoms with van der Waals surface area (Å²) in [5.74, 6) is -4.56. The Kier molecular flexibility index (Phi) is 13.3. The van der Waals surface area contributed by atoms with Crippen LogP contribution in [0.1, 0.15) is 85.4 Å². The third kappa shape index (κ3) is 9.57. The molecule has 312 valence electrons. The molecule has 59 heavy (non-hydrogen) atoms. The Balaban J connectivity index is 1.46. The minimum atomic E-state index is -4.04. The van der Waals surface area contributed by atoms with E-state index in [4.69, 9.17) is 14.0 Å². The molecular formula is C43H48F2N5O8P. The van der Waals surface area contributed by atoms with E-state index in [1.54, 1.807) is 80.3 Å². The third-order valence-corrected chi connectivity index (χ3v) is 12.0. The standard InChI is InChI=1S/C43H48F2N5O8P/c1-5-48-41(53)37-39(56-28-31-14-8-6-9-15-31)38(51)35(40(52)46-26-32-18-19-33(44)24-36(32)45)27-49(37)50(43(48)20-12-13-21-43)22-23-59(55,58-34-16-10-7-11-17-34)47-25-30(4)42(54)57-29(2)3/h6-11,14-19,24-25,27,29-30H,5,12-13,20-23,26,28H2,1-4H3,(H,46,52). The van der Waals surface area contributed by atoms with Gasteiger partial charge in [0.1, 0.15) is 35.2 Å². The van der Waals surface area contributed by atoms with E-state index in [2.05, 4.69) is 10.1 Å². The Morgan fingerprint density at radius 1 is 0.983 bits per heavy atom. The lowest BCUT2D eigenvalue weighted by atomic mass is 10.0. The number of carbonyl (C=O) groups is 3. The van der Waals surface area contributed by atoms with E-state index in [1.165, 1.54) is 23.2 Å². The van der Waals surface area contributed by atoms with E-state index >= 15 is 0 Å². The van der Waals surface area contributed by atoms with Crippen molar-refractivity contribution in [3.05, 3.63) is 129 Å². The molecule has 0 bridgehead atoms. The molecule has 1 aliphatic carbocycles. The van der Waals surface area contributed by atoms with Gasteiger partial charge in [0.25, 0.3) is 11.8 Å². The van der Waals surface area contributed by atoms with Crippen LogP contribution in [0.25, 0.3) is 0 Å². The largest absolute Gasteiger partial charge is 0.482 e. The number of ether oxygens (including phenoxy) is 2. The lowest BCUT2D eigenvalue weighted by Gasteiger charge is -2.54. The molecule has 6 rings (SSSR count). The number of pyridine rings is 1. The van der Waals surface area contributed by atoms with E-state index < -0.39 is 59.5 Å². The van der Waals surface area contributed by atoms with Crippen molar-refractivity contribution in [2.45, 2.75) is 78.3 Å². The normalized spacial score (nSPS) is 16.2. The van der Waals surface area contributed by atoms with Crippen LogP contribution in [0.3, 0.4) is 0 Å². The number of hydrogen-bond donors (Lipinski definition) is 1. The van der Waals surface area contributed by atoms with Gasteiger partial charge in [0.15, 0.2) is 11.4 Å². The molecule has 1 N–H and O–H groups in total. The Labute approximate surface area is 341 Å². The number of hydrogen-bond acceptors (Lipinski definition) is 9. The first-order chi connectivity index (χ1) is 28.2. The molecule has 0 radical (unpaired) electrons. The van der Waals surface area contributed by atoms with E-state index in [-0.39, 0.29) is 61.3 Å². The van der Waals surface area contributed by atoms with Gasteiger partial charge in [-0.1, -0.05) is 54.6 Å². The fourth-order valence-corrected chi connectivity index (χ4v) is 8.95. The molecule has 13 nitrogen and oxygen atoms in total. The molecule has 2 heterocycles. The highest BCUT2D eigenvalue weighted by Gasteiger charge is 2.53. The summed E-state index contributed by atoms with van der Waals surface area (Å²) < 4.78 is 66.5. The zero-order chi connectivity index (χ0) is 42.3. The van der Waals surface area contributed by atoms with Crippen LogP contribution >= 0.6 is 7.52 Å². The molecule has 2 atom stereocenters. The van der Waals surface area contributed by atoms with Gasteiger partial charge >= 0.3 is 13.5 Å². The van der Waals surface area contributed by atoms with Gasteiger partial charge in [0.2, 0.25) is 5.43 Å². The fraction of sp³-hybridized carbons (Fsp3) is 0.372. The number of rotatable bonds is 16. The highest BCUT2D eigenvalue weighted by molar-refractivity contribution is 7.58. The van der Waals surface area contributed by atoms with E-state index in [9.17, 15) is 32.5 Å². The number of para-hydroxylation sites is 1. The Morgan fingerprint density at radius 3 is 2.31 bits per heavy atom. The topological polar surface area (TPSA) is 149 Å². The maximum absolute atomic E-state index is 14.8. The molecule has 16 heteroatoms. The number of benzene rings is 3. The molecule has 1 fully saturated rings.